The fourth-order valence-electron chi connectivity index (χ4n) is 3.14. The number of hydrogen-bond acceptors (Lipinski definition) is 11. The van der Waals surface area contributed by atoms with Gasteiger partial charge in [0, 0.05) is 33.0 Å². The van der Waals surface area contributed by atoms with Gasteiger partial charge in [-0.3, -0.25) is 9.86 Å². The van der Waals surface area contributed by atoms with Crippen molar-refractivity contribution in [2.24, 2.45) is 27.6 Å². The average molecular weight is 462 g/mol. The molecule has 0 spiro atoms. The van der Waals surface area contributed by atoms with Gasteiger partial charge in [0.15, 0.2) is 11.0 Å². The van der Waals surface area contributed by atoms with Gasteiger partial charge in [-0.2, -0.15) is 0 Å². The quantitative estimate of drug-likeness (QED) is 0.0857. The number of fused-ring (bicyclic) bond motifs is 1. The zero-order valence-corrected chi connectivity index (χ0v) is 18.5. The second-order valence-electron chi connectivity index (χ2n) is 7.05. The van der Waals surface area contributed by atoms with Crippen LogP contribution in [0.1, 0.15) is 18.4 Å². The van der Waals surface area contributed by atoms with Crippen molar-refractivity contribution in [1.82, 2.24) is 15.2 Å². The predicted molar refractivity (Wildman–Crippen MR) is 128 cm³/mol. The number of hydrazone groups is 1. The summed E-state index contributed by atoms with van der Waals surface area (Å²) in [6.45, 7) is 0.717. The van der Waals surface area contributed by atoms with Crippen LogP contribution in [0.4, 0.5) is 5.13 Å². The molecule has 0 atom stereocenters. The fourth-order valence-corrected chi connectivity index (χ4v) is 5.54. The molecule has 1 aliphatic carbocycles. The van der Waals surface area contributed by atoms with E-state index in [4.69, 9.17) is 28.2 Å². The number of para-hydroxylation sites is 1. The maximum Gasteiger partial charge on any atom is 0.181 e. The first kappa shape index (κ1) is 21.2. The smallest absolute Gasteiger partial charge is 0.181 e. The van der Waals surface area contributed by atoms with E-state index < -0.39 is 0 Å². The summed E-state index contributed by atoms with van der Waals surface area (Å²) in [5, 5.41) is 10.6. The molecule has 0 unspecified atom stereocenters. The third-order valence-electron chi connectivity index (χ3n) is 4.90. The summed E-state index contributed by atoms with van der Waals surface area (Å²) in [5.74, 6) is 5.62. The molecule has 1 saturated carbocycles. The van der Waals surface area contributed by atoms with Crippen LogP contribution >= 0.6 is 35.2 Å². The summed E-state index contributed by atoms with van der Waals surface area (Å²) in [7, 11) is 0. The molecule has 2 aromatic carbocycles. The van der Waals surface area contributed by atoms with Crippen LogP contribution in [0, 0.1) is 0 Å². The molecule has 9 nitrogen and oxygen atoms in total. The Kier molecular flexibility index (Phi) is 6.06. The number of nitrogens with zero attached hydrogens (tertiary/aromatic N) is 2. The van der Waals surface area contributed by atoms with E-state index in [-0.39, 0.29) is 11.4 Å². The van der Waals surface area contributed by atoms with Gasteiger partial charge in [0.2, 0.25) is 0 Å². The molecule has 0 radical (unpaired) electrons. The number of benzene rings is 2. The van der Waals surface area contributed by atoms with Crippen molar-refractivity contribution in [1.29, 1.82) is 0 Å². The van der Waals surface area contributed by atoms with Gasteiger partial charge in [0.25, 0.3) is 0 Å². The van der Waals surface area contributed by atoms with E-state index in [1.54, 1.807) is 0 Å². The third-order valence-corrected chi connectivity index (χ3v) is 7.39. The highest BCUT2D eigenvalue weighted by molar-refractivity contribution is 8.00. The molecule has 1 heterocycles. The number of anilines is 1. The van der Waals surface area contributed by atoms with Gasteiger partial charge in [0.05, 0.1) is 10.2 Å². The summed E-state index contributed by atoms with van der Waals surface area (Å²) >= 11 is 4.01. The van der Waals surface area contributed by atoms with Gasteiger partial charge in [-0.05, 0) is 54.4 Å². The Labute approximate surface area is 186 Å². The molecule has 4 rings (SSSR count). The lowest BCUT2D eigenvalue weighted by Crippen LogP contribution is -2.32. The average Bonchev–Trinajstić information content (AvgIpc) is 3.33. The molecule has 1 fully saturated rings. The molecule has 0 amide bonds. The first-order chi connectivity index (χ1) is 14.5. The number of rotatable bonds is 8. The van der Waals surface area contributed by atoms with E-state index in [0.717, 1.165) is 62.5 Å². The first-order valence-electron chi connectivity index (χ1n) is 9.12. The summed E-state index contributed by atoms with van der Waals surface area (Å²) in [5.41, 5.74) is 23.8. The van der Waals surface area contributed by atoms with Crippen molar-refractivity contribution >= 4 is 56.4 Å². The van der Waals surface area contributed by atoms with E-state index in [0.29, 0.717) is 10.7 Å². The number of aromatic nitrogens is 1. The largest absolute Gasteiger partial charge is 0.382 e. The summed E-state index contributed by atoms with van der Waals surface area (Å²) in [6.07, 6.45) is 2.07. The Morgan fingerprint density at radius 1 is 1.23 bits per heavy atom. The highest BCUT2D eigenvalue weighted by Gasteiger charge is 2.37. The number of amidine groups is 1. The normalized spacial score (nSPS) is 15.5. The van der Waals surface area contributed by atoms with Gasteiger partial charge in [-0.1, -0.05) is 29.5 Å². The van der Waals surface area contributed by atoms with Crippen LogP contribution in [0.2, 0.25) is 0 Å². The lowest BCUT2D eigenvalue weighted by molar-refractivity contribution is 0.663. The molecule has 1 aliphatic rings. The third kappa shape index (κ3) is 4.21. The first-order valence-corrected chi connectivity index (χ1v) is 11.6. The Balaban J connectivity index is 1.82. The summed E-state index contributed by atoms with van der Waals surface area (Å²) in [4.78, 5) is 6.21. The molecule has 0 bridgehead atoms. The molecule has 3 aromatic rings. The van der Waals surface area contributed by atoms with Crippen LogP contribution < -0.4 is 38.4 Å². The zero-order valence-electron chi connectivity index (χ0n) is 16.0. The minimum atomic E-state index is -0.101. The van der Waals surface area contributed by atoms with Crippen LogP contribution in [0.5, 0.6) is 0 Å². The monoisotopic (exact) mass is 461 g/mol. The van der Waals surface area contributed by atoms with Gasteiger partial charge in [-0.25, -0.2) is 16.4 Å². The number of nitrogens with two attached hydrogens (primary N) is 5. The zero-order chi connectivity index (χ0) is 21.3. The molecule has 30 heavy (non-hydrogen) atoms. The van der Waals surface area contributed by atoms with Crippen LogP contribution in [0.3, 0.4) is 0 Å². The van der Waals surface area contributed by atoms with Crippen molar-refractivity contribution in [3.8, 4) is 11.1 Å². The van der Waals surface area contributed by atoms with Crippen LogP contribution in [-0.2, 0) is 0 Å². The minimum absolute atomic E-state index is 0.101. The molecular formula is C18H23N9S3. The maximum absolute atomic E-state index is 6.29. The van der Waals surface area contributed by atoms with Crippen LogP contribution in [0.25, 0.3) is 21.3 Å². The molecule has 12 N–H and O–H groups in total. The Hall–Kier alpha value is -2.06. The Morgan fingerprint density at radius 3 is 2.73 bits per heavy atom. The van der Waals surface area contributed by atoms with Gasteiger partial charge >= 0.3 is 0 Å². The number of thiazole rings is 1. The summed E-state index contributed by atoms with van der Waals surface area (Å²) < 4.78 is 4.33. The van der Waals surface area contributed by atoms with E-state index >= 15 is 0 Å². The predicted octanol–water partition coefficient (Wildman–Crippen LogP) is 1.68. The molecule has 158 valence electrons. The van der Waals surface area contributed by atoms with Gasteiger partial charge in [0.1, 0.15) is 0 Å². The van der Waals surface area contributed by atoms with E-state index in [1.165, 1.54) is 23.3 Å². The van der Waals surface area contributed by atoms with E-state index in [1.807, 2.05) is 30.3 Å². The highest BCUT2D eigenvalue weighted by atomic mass is 32.2. The lowest BCUT2D eigenvalue weighted by Gasteiger charge is -2.18. The lowest BCUT2D eigenvalue weighted by atomic mass is 9.98. The number of hydrazine groups is 1. The SMILES string of the molecule is NN/N=C(\N)c1c(-c2cccc3sc(N)nc23)ccc(SNCC2(N)CC2)c1SN. The molecule has 1 aromatic heterocycles. The molecule has 12 heteroatoms. The number of hydrogen-bond donors (Lipinski definition) is 7. The van der Waals surface area contributed by atoms with Crippen molar-refractivity contribution in [2.45, 2.75) is 28.2 Å². The van der Waals surface area contributed by atoms with E-state index in [2.05, 4.69) is 20.3 Å². The summed E-state index contributed by atoms with van der Waals surface area (Å²) in [6, 6.07) is 9.91. The van der Waals surface area contributed by atoms with Crippen molar-refractivity contribution in [3.63, 3.8) is 0 Å². The van der Waals surface area contributed by atoms with Gasteiger partial charge < -0.3 is 17.2 Å². The topological polar surface area (TPSA) is 179 Å². The van der Waals surface area contributed by atoms with Crippen LogP contribution in [-0.4, -0.2) is 22.9 Å². The van der Waals surface area contributed by atoms with Crippen molar-refractivity contribution < 1.29 is 0 Å². The second kappa shape index (κ2) is 8.59. The number of nitrogen functional groups attached to an aromatic ring is 1. The second-order valence-corrected chi connectivity index (χ2v) is 9.69. The van der Waals surface area contributed by atoms with E-state index in [9.17, 15) is 0 Å². The van der Waals surface area contributed by atoms with Crippen molar-refractivity contribution in [2.75, 3.05) is 12.3 Å². The highest BCUT2D eigenvalue weighted by Crippen LogP contribution is 2.40. The molecule has 0 aliphatic heterocycles. The van der Waals surface area contributed by atoms with Gasteiger partial charge in [-0.15, -0.1) is 5.10 Å². The molecule has 0 saturated heterocycles. The van der Waals surface area contributed by atoms with Crippen LogP contribution in [0.15, 0.2) is 45.2 Å². The van der Waals surface area contributed by atoms with Crippen molar-refractivity contribution in [3.05, 3.63) is 35.9 Å². The standard InChI is InChI=1S/C18H23N9S3/c19-16(26-27-22)13-9(10-2-1-3-11-14(10)25-17(20)28-11)4-5-12(15(13)29-23)30-24-8-18(21)6-7-18/h1-5,24,27H,6-8,21-23H2,(H2,19,26)(H2,20,25). The number of nitrogens with one attached hydrogen (secondary N) is 2. The Bertz CT molecular complexity index is 1110. The Morgan fingerprint density at radius 2 is 2.03 bits per heavy atom. The maximum atomic E-state index is 6.29. The minimum Gasteiger partial charge on any atom is -0.382 e. The molecular weight excluding hydrogens is 438 g/mol. The fraction of sp³-hybridized carbons (Fsp3) is 0.222.